The molecule has 0 aliphatic carbocycles. The summed E-state index contributed by atoms with van der Waals surface area (Å²) in [5, 5.41) is 0. The van der Waals surface area contributed by atoms with E-state index in [1.807, 2.05) is 6.07 Å². The minimum atomic E-state index is 0.602. The minimum Gasteiger partial charge on any atom is -0.399 e. The highest BCUT2D eigenvalue weighted by molar-refractivity contribution is 5.50. The largest absolute Gasteiger partial charge is 0.399 e. The molecule has 1 atom stereocenters. The molecule has 1 fully saturated rings. The summed E-state index contributed by atoms with van der Waals surface area (Å²) in [5.74, 6) is 0.602. The van der Waals surface area contributed by atoms with Gasteiger partial charge in [0.25, 0.3) is 0 Å². The first-order valence-electron chi connectivity index (χ1n) is 6.89. The fourth-order valence-corrected chi connectivity index (χ4v) is 2.84. The molecule has 0 radical (unpaired) electrons. The van der Waals surface area contributed by atoms with Crippen LogP contribution in [0.25, 0.3) is 0 Å². The maximum atomic E-state index is 5.88. The standard InChI is InChI=1S/C17H20N2/c1-13-5-7-17(8-6-13)19-10-9-15(12-19)14-3-2-4-16(18)11-14/h2-8,11,15H,9-10,12,18H2,1H3. The van der Waals surface area contributed by atoms with Gasteiger partial charge in [0.2, 0.25) is 0 Å². The maximum Gasteiger partial charge on any atom is 0.0366 e. The zero-order valence-corrected chi connectivity index (χ0v) is 11.3. The van der Waals surface area contributed by atoms with Gasteiger partial charge in [-0.25, -0.2) is 0 Å². The maximum absolute atomic E-state index is 5.88. The van der Waals surface area contributed by atoms with Crippen molar-refractivity contribution in [3.05, 3.63) is 59.7 Å². The van der Waals surface area contributed by atoms with Gasteiger partial charge >= 0.3 is 0 Å². The van der Waals surface area contributed by atoms with E-state index in [4.69, 9.17) is 5.73 Å². The Bertz CT molecular complexity index is 560. The highest BCUT2D eigenvalue weighted by atomic mass is 15.1. The van der Waals surface area contributed by atoms with E-state index in [1.54, 1.807) is 0 Å². The van der Waals surface area contributed by atoms with E-state index in [-0.39, 0.29) is 0 Å². The Labute approximate surface area is 114 Å². The van der Waals surface area contributed by atoms with Gasteiger partial charge in [0.05, 0.1) is 0 Å². The van der Waals surface area contributed by atoms with Gasteiger partial charge in [0.15, 0.2) is 0 Å². The molecular weight excluding hydrogens is 232 g/mol. The van der Waals surface area contributed by atoms with Gasteiger partial charge in [-0.15, -0.1) is 0 Å². The van der Waals surface area contributed by atoms with Crippen molar-refractivity contribution in [2.45, 2.75) is 19.3 Å². The van der Waals surface area contributed by atoms with E-state index in [9.17, 15) is 0 Å². The fourth-order valence-electron chi connectivity index (χ4n) is 2.84. The molecule has 2 N–H and O–H groups in total. The quantitative estimate of drug-likeness (QED) is 0.828. The Morgan fingerprint density at radius 1 is 1.11 bits per heavy atom. The lowest BCUT2D eigenvalue weighted by molar-refractivity contribution is 0.775. The van der Waals surface area contributed by atoms with Gasteiger partial charge in [-0.2, -0.15) is 0 Å². The second-order valence-electron chi connectivity index (χ2n) is 5.44. The third-order valence-electron chi connectivity index (χ3n) is 3.97. The van der Waals surface area contributed by atoms with E-state index in [0.717, 1.165) is 18.8 Å². The van der Waals surface area contributed by atoms with E-state index in [1.165, 1.54) is 23.2 Å². The minimum absolute atomic E-state index is 0.602. The highest BCUT2D eigenvalue weighted by Gasteiger charge is 2.23. The van der Waals surface area contributed by atoms with E-state index >= 15 is 0 Å². The molecule has 0 amide bonds. The number of nitrogens with zero attached hydrogens (tertiary/aromatic N) is 1. The molecule has 2 aromatic rings. The molecule has 1 aliphatic rings. The number of aryl methyl sites for hydroxylation is 1. The lowest BCUT2D eigenvalue weighted by Crippen LogP contribution is -2.19. The molecular formula is C17H20N2. The number of anilines is 2. The summed E-state index contributed by atoms with van der Waals surface area (Å²) in [6.45, 7) is 4.35. The summed E-state index contributed by atoms with van der Waals surface area (Å²) in [6, 6.07) is 17.1. The van der Waals surface area contributed by atoms with Crippen LogP contribution in [0.5, 0.6) is 0 Å². The first-order chi connectivity index (χ1) is 9.22. The molecule has 1 heterocycles. The van der Waals surface area contributed by atoms with Crippen LogP contribution in [0.3, 0.4) is 0 Å². The van der Waals surface area contributed by atoms with E-state index in [2.05, 4.69) is 54.3 Å². The smallest absolute Gasteiger partial charge is 0.0366 e. The Kier molecular flexibility index (Phi) is 3.16. The van der Waals surface area contributed by atoms with Crippen molar-refractivity contribution in [2.75, 3.05) is 23.7 Å². The SMILES string of the molecule is Cc1ccc(N2CCC(c3cccc(N)c3)C2)cc1. The van der Waals surface area contributed by atoms with Gasteiger partial charge in [-0.1, -0.05) is 29.8 Å². The predicted molar refractivity (Wildman–Crippen MR) is 81.6 cm³/mol. The molecule has 0 bridgehead atoms. The summed E-state index contributed by atoms with van der Waals surface area (Å²) in [6.07, 6.45) is 1.21. The number of nitrogen functional groups attached to an aromatic ring is 1. The Morgan fingerprint density at radius 3 is 2.63 bits per heavy atom. The molecule has 1 aliphatic heterocycles. The van der Waals surface area contributed by atoms with Crippen molar-refractivity contribution in [2.24, 2.45) is 0 Å². The molecule has 3 rings (SSSR count). The van der Waals surface area contributed by atoms with Crippen LogP contribution in [0, 0.1) is 6.92 Å². The monoisotopic (exact) mass is 252 g/mol. The van der Waals surface area contributed by atoms with Crippen LogP contribution in [-0.2, 0) is 0 Å². The van der Waals surface area contributed by atoms with Crippen molar-refractivity contribution in [1.29, 1.82) is 0 Å². The van der Waals surface area contributed by atoms with Gasteiger partial charge in [-0.05, 0) is 43.2 Å². The first-order valence-corrected chi connectivity index (χ1v) is 6.89. The molecule has 2 nitrogen and oxygen atoms in total. The van der Waals surface area contributed by atoms with Crippen LogP contribution in [0.2, 0.25) is 0 Å². The average molecular weight is 252 g/mol. The summed E-state index contributed by atoms with van der Waals surface area (Å²) >= 11 is 0. The van der Waals surface area contributed by atoms with Crippen LogP contribution >= 0.6 is 0 Å². The Balaban J connectivity index is 1.75. The summed E-state index contributed by atoms with van der Waals surface area (Å²) in [4.78, 5) is 2.47. The fraction of sp³-hybridized carbons (Fsp3) is 0.294. The van der Waals surface area contributed by atoms with E-state index in [0.29, 0.717) is 5.92 Å². The number of hydrogen-bond donors (Lipinski definition) is 1. The predicted octanol–water partition coefficient (Wildman–Crippen LogP) is 3.57. The van der Waals surface area contributed by atoms with Crippen LogP contribution in [0.1, 0.15) is 23.5 Å². The van der Waals surface area contributed by atoms with Crippen molar-refractivity contribution >= 4 is 11.4 Å². The lowest BCUT2D eigenvalue weighted by atomic mass is 9.98. The molecule has 2 aromatic carbocycles. The lowest BCUT2D eigenvalue weighted by Gasteiger charge is -2.19. The summed E-state index contributed by atoms with van der Waals surface area (Å²) < 4.78 is 0. The second-order valence-corrected chi connectivity index (χ2v) is 5.44. The molecule has 0 spiro atoms. The molecule has 2 heteroatoms. The molecule has 98 valence electrons. The van der Waals surface area contributed by atoms with Crippen LogP contribution in [0.4, 0.5) is 11.4 Å². The zero-order chi connectivity index (χ0) is 13.2. The second kappa shape index (κ2) is 4.96. The zero-order valence-electron chi connectivity index (χ0n) is 11.3. The third kappa shape index (κ3) is 2.58. The number of rotatable bonds is 2. The Hall–Kier alpha value is -1.96. The normalized spacial score (nSPS) is 18.8. The van der Waals surface area contributed by atoms with Crippen LogP contribution in [0.15, 0.2) is 48.5 Å². The third-order valence-corrected chi connectivity index (χ3v) is 3.97. The molecule has 0 aromatic heterocycles. The Morgan fingerprint density at radius 2 is 1.89 bits per heavy atom. The number of benzene rings is 2. The molecule has 1 unspecified atom stereocenters. The number of nitrogens with two attached hydrogens (primary N) is 1. The first kappa shape index (κ1) is 12.1. The van der Waals surface area contributed by atoms with Crippen molar-refractivity contribution in [1.82, 2.24) is 0 Å². The van der Waals surface area contributed by atoms with Crippen molar-refractivity contribution < 1.29 is 0 Å². The molecule has 0 saturated carbocycles. The molecule has 19 heavy (non-hydrogen) atoms. The topological polar surface area (TPSA) is 29.3 Å². The van der Waals surface area contributed by atoms with Crippen LogP contribution in [-0.4, -0.2) is 13.1 Å². The van der Waals surface area contributed by atoms with Crippen molar-refractivity contribution in [3.8, 4) is 0 Å². The number of hydrogen-bond acceptors (Lipinski definition) is 2. The van der Waals surface area contributed by atoms with Crippen LogP contribution < -0.4 is 10.6 Å². The van der Waals surface area contributed by atoms with Gasteiger partial charge in [-0.3, -0.25) is 0 Å². The van der Waals surface area contributed by atoms with Crippen molar-refractivity contribution in [3.63, 3.8) is 0 Å². The summed E-state index contributed by atoms with van der Waals surface area (Å²) in [7, 11) is 0. The average Bonchev–Trinajstić information content (AvgIpc) is 2.89. The summed E-state index contributed by atoms with van der Waals surface area (Å²) in [5.41, 5.74) is 10.8. The van der Waals surface area contributed by atoms with Gasteiger partial charge in [0.1, 0.15) is 0 Å². The molecule has 1 saturated heterocycles. The van der Waals surface area contributed by atoms with Gasteiger partial charge in [0, 0.05) is 30.4 Å². The highest BCUT2D eigenvalue weighted by Crippen LogP contribution is 2.31. The van der Waals surface area contributed by atoms with Gasteiger partial charge < -0.3 is 10.6 Å². The van der Waals surface area contributed by atoms with E-state index < -0.39 is 0 Å².